The summed E-state index contributed by atoms with van der Waals surface area (Å²) in [6, 6.07) is 6.37. The molecule has 2 aromatic rings. The fourth-order valence-electron chi connectivity index (χ4n) is 3.55. The monoisotopic (exact) mass is 498 g/mol. The molecule has 1 saturated carbocycles. The highest BCUT2D eigenvalue weighted by atomic mass is 16.7. The zero-order valence-electron chi connectivity index (χ0n) is 20.9. The topological polar surface area (TPSA) is 113 Å². The van der Waals surface area contributed by atoms with Crippen molar-refractivity contribution in [2.45, 2.75) is 18.9 Å². The van der Waals surface area contributed by atoms with E-state index in [2.05, 4.69) is 11.6 Å². The second-order valence-corrected chi connectivity index (χ2v) is 8.03. The van der Waals surface area contributed by atoms with Crippen LogP contribution in [0.3, 0.4) is 0 Å². The lowest BCUT2D eigenvalue weighted by molar-refractivity contribution is -0.0435. The van der Waals surface area contributed by atoms with Crippen LogP contribution in [0, 0.1) is 0 Å². The lowest BCUT2D eigenvalue weighted by Crippen LogP contribution is -2.30. The van der Waals surface area contributed by atoms with Crippen molar-refractivity contribution in [1.82, 2.24) is 9.88 Å². The van der Waals surface area contributed by atoms with Gasteiger partial charge in [-0.2, -0.15) is 0 Å². The summed E-state index contributed by atoms with van der Waals surface area (Å²) < 4.78 is 25.8. The molecule has 0 radical (unpaired) electrons. The Hall–Kier alpha value is -3.76. The van der Waals surface area contributed by atoms with Crippen molar-refractivity contribution in [3.63, 3.8) is 0 Å². The summed E-state index contributed by atoms with van der Waals surface area (Å²) >= 11 is 0. The highest BCUT2D eigenvalue weighted by Gasteiger charge is 2.32. The number of aromatic nitrogens is 1. The van der Waals surface area contributed by atoms with E-state index in [4.69, 9.17) is 23.7 Å². The zero-order valence-corrected chi connectivity index (χ0v) is 20.9. The van der Waals surface area contributed by atoms with Gasteiger partial charge in [0.15, 0.2) is 12.5 Å². The summed E-state index contributed by atoms with van der Waals surface area (Å²) in [4.78, 5) is 44.6. The maximum atomic E-state index is 13.0. The van der Waals surface area contributed by atoms with Crippen LogP contribution in [-0.2, 0) is 18.9 Å². The van der Waals surface area contributed by atoms with Crippen molar-refractivity contribution in [3.8, 4) is 16.9 Å². The number of carbonyl (C=O) groups is 3. The molecule has 10 heteroatoms. The fraction of sp³-hybridized carbons (Fsp3) is 0.385. The molecule has 0 saturated heterocycles. The maximum absolute atomic E-state index is 13.0. The summed E-state index contributed by atoms with van der Waals surface area (Å²) in [6.07, 6.45) is 3.39. The van der Waals surface area contributed by atoms with E-state index in [9.17, 15) is 14.4 Å². The molecule has 0 spiro atoms. The van der Waals surface area contributed by atoms with E-state index in [1.807, 2.05) is 0 Å². The molecule has 0 unspecified atom stereocenters. The van der Waals surface area contributed by atoms with Gasteiger partial charge in [0.05, 0.1) is 33.0 Å². The highest BCUT2D eigenvalue weighted by Crippen LogP contribution is 2.35. The molecule has 1 amide bonds. The Labute approximate surface area is 209 Å². The van der Waals surface area contributed by atoms with Crippen molar-refractivity contribution in [2.24, 2.45) is 0 Å². The van der Waals surface area contributed by atoms with Crippen LogP contribution < -0.4 is 4.74 Å². The number of esters is 2. The summed E-state index contributed by atoms with van der Waals surface area (Å²) in [5, 5.41) is 0. The first-order valence-corrected chi connectivity index (χ1v) is 11.3. The average molecular weight is 499 g/mol. The van der Waals surface area contributed by atoms with Gasteiger partial charge in [-0.15, -0.1) is 0 Å². The molecule has 0 aliphatic heterocycles. The first-order valence-electron chi connectivity index (χ1n) is 11.3. The van der Waals surface area contributed by atoms with E-state index in [1.165, 1.54) is 33.5 Å². The van der Waals surface area contributed by atoms with Crippen molar-refractivity contribution >= 4 is 23.9 Å². The predicted octanol–water partition coefficient (Wildman–Crippen LogP) is 3.20. The summed E-state index contributed by atoms with van der Waals surface area (Å²) in [7, 11) is 5.93. The first kappa shape index (κ1) is 26.8. The van der Waals surface area contributed by atoms with Gasteiger partial charge in [-0.05, 0) is 37.1 Å². The van der Waals surface area contributed by atoms with Gasteiger partial charge in [-0.3, -0.25) is 4.79 Å². The second-order valence-electron chi connectivity index (χ2n) is 8.03. The summed E-state index contributed by atoms with van der Waals surface area (Å²) in [5.41, 5.74) is 1.22. The zero-order chi connectivity index (χ0) is 26.2. The minimum Gasteiger partial charge on any atom is -0.496 e. The van der Waals surface area contributed by atoms with Gasteiger partial charge in [0.1, 0.15) is 11.4 Å². The third kappa shape index (κ3) is 6.07. The van der Waals surface area contributed by atoms with Gasteiger partial charge < -0.3 is 28.6 Å². The molecule has 1 aromatic carbocycles. The number of methoxy groups -OCH3 is 3. The van der Waals surface area contributed by atoms with E-state index >= 15 is 0 Å². The number of hydrogen-bond acceptors (Lipinski definition) is 9. The highest BCUT2D eigenvalue weighted by molar-refractivity contribution is 6.04. The normalized spacial score (nSPS) is 12.6. The van der Waals surface area contributed by atoms with Crippen LogP contribution in [0.2, 0.25) is 0 Å². The maximum Gasteiger partial charge on any atom is 0.357 e. The minimum atomic E-state index is -0.761. The van der Waals surface area contributed by atoms with Crippen LogP contribution in [0.25, 0.3) is 17.2 Å². The fourth-order valence-corrected chi connectivity index (χ4v) is 3.55. The molecule has 1 aromatic heterocycles. The molecule has 3 rings (SSSR count). The number of hydrogen-bond donors (Lipinski definition) is 0. The molecular weight excluding hydrogens is 468 g/mol. The van der Waals surface area contributed by atoms with Gasteiger partial charge >= 0.3 is 11.9 Å². The Balaban J connectivity index is 2.07. The third-order valence-electron chi connectivity index (χ3n) is 5.71. The average Bonchev–Trinajstić information content (AvgIpc) is 3.76. The van der Waals surface area contributed by atoms with E-state index in [0.29, 0.717) is 23.5 Å². The van der Waals surface area contributed by atoms with Crippen LogP contribution in [0.5, 0.6) is 5.75 Å². The van der Waals surface area contributed by atoms with Gasteiger partial charge in [-0.25, -0.2) is 14.6 Å². The van der Waals surface area contributed by atoms with Crippen LogP contribution in [-0.4, -0.2) is 82.2 Å². The third-order valence-corrected chi connectivity index (χ3v) is 5.71. The first-order chi connectivity index (χ1) is 17.4. The minimum absolute atomic E-state index is 0.0962. The number of rotatable bonds is 12. The van der Waals surface area contributed by atoms with Crippen LogP contribution in [0.4, 0.5) is 0 Å². The molecule has 10 nitrogen and oxygen atoms in total. The Morgan fingerprint density at radius 2 is 1.83 bits per heavy atom. The van der Waals surface area contributed by atoms with Crippen molar-refractivity contribution in [3.05, 3.63) is 53.4 Å². The number of benzene rings is 1. The van der Waals surface area contributed by atoms with E-state index in [1.54, 1.807) is 30.1 Å². The van der Waals surface area contributed by atoms with Gasteiger partial charge in [0.25, 0.3) is 5.91 Å². The standard InChI is InChI=1S/C26H30N2O8/c1-6-16-13-20(25(30)36-15-35-12-11-32-3)19(14-22(16)33-4)18-9-10-21(27-23(18)26(31)34-5)24(29)28(2)17-7-8-17/h6,9-10,13-14,17H,1,7-8,11-12,15H2,2-5H3. The molecule has 192 valence electrons. The molecule has 1 fully saturated rings. The second kappa shape index (κ2) is 12.3. The summed E-state index contributed by atoms with van der Waals surface area (Å²) in [6.45, 7) is 4.07. The molecule has 36 heavy (non-hydrogen) atoms. The Morgan fingerprint density at radius 1 is 1.08 bits per heavy atom. The molecule has 0 atom stereocenters. The van der Waals surface area contributed by atoms with Gasteiger partial charge in [0.2, 0.25) is 0 Å². The predicted molar refractivity (Wildman–Crippen MR) is 131 cm³/mol. The smallest absolute Gasteiger partial charge is 0.357 e. The largest absolute Gasteiger partial charge is 0.496 e. The molecule has 1 aliphatic carbocycles. The molecular formula is C26H30N2O8. The van der Waals surface area contributed by atoms with Crippen LogP contribution in [0.1, 0.15) is 49.7 Å². The Morgan fingerprint density at radius 3 is 2.44 bits per heavy atom. The Bertz CT molecular complexity index is 1140. The number of ether oxygens (including phenoxy) is 5. The van der Waals surface area contributed by atoms with Crippen LogP contribution >= 0.6 is 0 Å². The lowest BCUT2D eigenvalue weighted by Gasteiger charge is -2.18. The number of pyridine rings is 1. The van der Waals surface area contributed by atoms with Crippen molar-refractivity contribution < 1.29 is 38.1 Å². The number of amides is 1. The summed E-state index contributed by atoms with van der Waals surface area (Å²) in [5.74, 6) is -1.35. The van der Waals surface area contributed by atoms with E-state index in [-0.39, 0.29) is 47.9 Å². The molecule has 1 heterocycles. The molecule has 0 N–H and O–H groups in total. The van der Waals surface area contributed by atoms with Crippen LogP contribution in [0.15, 0.2) is 30.8 Å². The van der Waals surface area contributed by atoms with E-state index in [0.717, 1.165) is 12.8 Å². The van der Waals surface area contributed by atoms with E-state index < -0.39 is 11.9 Å². The molecule has 1 aliphatic rings. The SMILES string of the molecule is C=Cc1cc(C(=O)OCOCCOC)c(-c2ccc(C(=O)N(C)C3CC3)nc2C(=O)OC)cc1OC. The molecule has 0 bridgehead atoms. The lowest BCUT2D eigenvalue weighted by atomic mass is 9.95. The van der Waals surface area contributed by atoms with Crippen molar-refractivity contribution in [2.75, 3.05) is 48.4 Å². The van der Waals surface area contributed by atoms with Gasteiger partial charge in [0, 0.05) is 36.9 Å². The number of nitrogens with zero attached hydrogens (tertiary/aromatic N) is 2. The Kier molecular flexibility index (Phi) is 9.15. The van der Waals surface area contributed by atoms with Gasteiger partial charge in [-0.1, -0.05) is 12.7 Å². The quantitative estimate of drug-likeness (QED) is 0.247. The number of carbonyl (C=O) groups excluding carboxylic acids is 3. The van der Waals surface area contributed by atoms with Crippen molar-refractivity contribution in [1.29, 1.82) is 0 Å².